The van der Waals surface area contributed by atoms with E-state index < -0.39 is 0 Å². The first-order valence-electron chi connectivity index (χ1n) is 7.84. The standard InChI is InChI=1S/C18H20N4O3/c1-5-23-15-8-7-13(9-16(15)24-6-2)11-20-22-18-14(10-19)21-17(25-18)12(3)4/h7-9,11,22H,3,5-6H2,1-2,4H3/b20-11-. The van der Waals surface area contributed by atoms with E-state index in [1.807, 2.05) is 38.1 Å². The number of anilines is 1. The number of nitrogens with zero attached hydrogens (tertiary/aromatic N) is 3. The molecule has 1 heterocycles. The van der Waals surface area contributed by atoms with Crippen molar-refractivity contribution in [1.82, 2.24) is 4.98 Å². The SMILES string of the molecule is C=C(C)c1nc(C#N)c(N/N=C\c2ccc(OCC)c(OCC)c2)o1. The molecule has 0 saturated heterocycles. The van der Waals surface area contributed by atoms with Crippen molar-refractivity contribution >= 4 is 17.7 Å². The third kappa shape index (κ3) is 4.61. The summed E-state index contributed by atoms with van der Waals surface area (Å²) in [5.41, 5.74) is 4.24. The van der Waals surface area contributed by atoms with Gasteiger partial charge >= 0.3 is 0 Å². The van der Waals surface area contributed by atoms with Gasteiger partial charge in [-0.05, 0) is 44.5 Å². The molecule has 7 heteroatoms. The molecule has 0 spiro atoms. The van der Waals surface area contributed by atoms with Crippen LogP contribution in [0, 0.1) is 11.3 Å². The fourth-order valence-electron chi connectivity index (χ4n) is 1.97. The minimum atomic E-state index is 0.122. The second-order valence-electron chi connectivity index (χ2n) is 5.03. The summed E-state index contributed by atoms with van der Waals surface area (Å²) in [5.74, 6) is 1.81. The molecule has 0 saturated carbocycles. The van der Waals surface area contributed by atoms with Crippen molar-refractivity contribution in [1.29, 1.82) is 5.26 Å². The average molecular weight is 340 g/mol. The highest BCUT2D eigenvalue weighted by Gasteiger charge is 2.12. The van der Waals surface area contributed by atoms with Gasteiger partial charge in [-0.25, -0.2) is 5.43 Å². The molecule has 2 rings (SSSR count). The molecule has 130 valence electrons. The quantitative estimate of drug-likeness (QED) is 0.580. The maximum absolute atomic E-state index is 9.08. The van der Waals surface area contributed by atoms with Gasteiger partial charge in [0.05, 0.1) is 19.4 Å². The highest BCUT2D eigenvalue weighted by atomic mass is 16.5. The molecule has 25 heavy (non-hydrogen) atoms. The number of nitriles is 1. The largest absolute Gasteiger partial charge is 0.490 e. The highest BCUT2D eigenvalue weighted by molar-refractivity contribution is 5.81. The van der Waals surface area contributed by atoms with Gasteiger partial charge in [0.2, 0.25) is 11.6 Å². The molecule has 0 amide bonds. The molecular weight excluding hydrogens is 320 g/mol. The Bertz CT molecular complexity index is 818. The minimum absolute atomic E-state index is 0.122. The Balaban J connectivity index is 2.16. The predicted molar refractivity (Wildman–Crippen MR) is 95.9 cm³/mol. The van der Waals surface area contributed by atoms with Crippen molar-refractivity contribution in [3.63, 3.8) is 0 Å². The maximum atomic E-state index is 9.08. The first kappa shape index (κ1) is 18.1. The van der Waals surface area contributed by atoms with Gasteiger partial charge < -0.3 is 13.9 Å². The van der Waals surface area contributed by atoms with Crippen LogP contribution in [0.5, 0.6) is 11.5 Å². The van der Waals surface area contributed by atoms with Gasteiger partial charge in [0.25, 0.3) is 5.88 Å². The van der Waals surface area contributed by atoms with Crippen LogP contribution in [0.1, 0.15) is 37.9 Å². The molecule has 1 N–H and O–H groups in total. The first-order valence-corrected chi connectivity index (χ1v) is 7.84. The number of rotatable bonds is 8. The fourth-order valence-corrected chi connectivity index (χ4v) is 1.97. The summed E-state index contributed by atoms with van der Waals surface area (Å²) in [6, 6.07) is 7.45. The van der Waals surface area contributed by atoms with E-state index in [1.165, 1.54) is 0 Å². The van der Waals surface area contributed by atoms with Crippen LogP contribution in [-0.4, -0.2) is 24.4 Å². The number of allylic oxidation sites excluding steroid dienone is 1. The van der Waals surface area contributed by atoms with Gasteiger partial charge in [0.15, 0.2) is 11.5 Å². The van der Waals surface area contributed by atoms with Gasteiger partial charge in [0.1, 0.15) is 6.07 Å². The molecule has 7 nitrogen and oxygen atoms in total. The lowest BCUT2D eigenvalue weighted by Gasteiger charge is -2.11. The zero-order valence-corrected chi connectivity index (χ0v) is 14.5. The number of nitrogens with one attached hydrogen (secondary N) is 1. The number of aromatic nitrogens is 1. The monoisotopic (exact) mass is 340 g/mol. The van der Waals surface area contributed by atoms with E-state index in [1.54, 1.807) is 13.1 Å². The molecule has 0 aliphatic heterocycles. The van der Waals surface area contributed by atoms with E-state index in [0.717, 1.165) is 5.56 Å². The second kappa shape index (κ2) is 8.55. The Morgan fingerprint density at radius 3 is 2.72 bits per heavy atom. The molecular formula is C18H20N4O3. The van der Waals surface area contributed by atoms with Crippen LogP contribution >= 0.6 is 0 Å². The minimum Gasteiger partial charge on any atom is -0.490 e. The number of hydrogen-bond acceptors (Lipinski definition) is 7. The summed E-state index contributed by atoms with van der Waals surface area (Å²) in [7, 11) is 0. The Morgan fingerprint density at radius 2 is 2.08 bits per heavy atom. The van der Waals surface area contributed by atoms with Crippen LogP contribution in [0.25, 0.3) is 5.57 Å². The smallest absolute Gasteiger partial charge is 0.252 e. The number of hydrogen-bond donors (Lipinski definition) is 1. The van der Waals surface area contributed by atoms with E-state index in [0.29, 0.717) is 36.2 Å². The van der Waals surface area contributed by atoms with Crippen LogP contribution in [0.4, 0.5) is 5.88 Å². The Labute approximate surface area is 146 Å². The highest BCUT2D eigenvalue weighted by Crippen LogP contribution is 2.28. The topological polar surface area (TPSA) is 92.7 Å². The van der Waals surface area contributed by atoms with Crippen LogP contribution in [-0.2, 0) is 0 Å². The molecule has 1 aromatic heterocycles. The van der Waals surface area contributed by atoms with Gasteiger partial charge in [0, 0.05) is 5.57 Å². The fraction of sp³-hybridized carbons (Fsp3) is 0.278. The molecule has 2 aromatic rings. The first-order chi connectivity index (χ1) is 12.1. The van der Waals surface area contributed by atoms with E-state index in [2.05, 4.69) is 22.1 Å². The summed E-state index contributed by atoms with van der Waals surface area (Å²) >= 11 is 0. The summed E-state index contributed by atoms with van der Waals surface area (Å²) in [5, 5.41) is 13.2. The van der Waals surface area contributed by atoms with Crippen molar-refractivity contribution in [3.05, 3.63) is 41.9 Å². The van der Waals surface area contributed by atoms with Crippen molar-refractivity contribution in [3.8, 4) is 17.6 Å². The van der Waals surface area contributed by atoms with Crippen LogP contribution < -0.4 is 14.9 Å². The summed E-state index contributed by atoms with van der Waals surface area (Å²) in [6.45, 7) is 10.4. The molecule has 0 fully saturated rings. The second-order valence-corrected chi connectivity index (χ2v) is 5.03. The molecule has 0 bridgehead atoms. The summed E-state index contributed by atoms with van der Waals surface area (Å²) < 4.78 is 16.5. The van der Waals surface area contributed by atoms with Crippen LogP contribution in [0.15, 0.2) is 34.3 Å². The van der Waals surface area contributed by atoms with Crippen molar-refractivity contribution in [2.75, 3.05) is 18.6 Å². The zero-order valence-electron chi connectivity index (χ0n) is 14.5. The van der Waals surface area contributed by atoms with Crippen LogP contribution in [0.2, 0.25) is 0 Å². The van der Waals surface area contributed by atoms with Crippen molar-refractivity contribution in [2.45, 2.75) is 20.8 Å². The van der Waals surface area contributed by atoms with Crippen molar-refractivity contribution < 1.29 is 13.9 Å². The van der Waals surface area contributed by atoms with E-state index in [9.17, 15) is 0 Å². The Kier molecular flexibility index (Phi) is 6.18. The van der Waals surface area contributed by atoms with Gasteiger partial charge in [-0.2, -0.15) is 15.3 Å². The van der Waals surface area contributed by atoms with Crippen LogP contribution in [0.3, 0.4) is 0 Å². The molecule has 0 aliphatic carbocycles. The molecule has 0 aliphatic rings. The Hall–Kier alpha value is -3.27. The number of oxazole rings is 1. The summed E-state index contributed by atoms with van der Waals surface area (Å²) in [6.07, 6.45) is 1.59. The number of hydrazone groups is 1. The lowest BCUT2D eigenvalue weighted by Crippen LogP contribution is -1.99. The van der Waals surface area contributed by atoms with Crippen molar-refractivity contribution in [2.24, 2.45) is 5.10 Å². The lowest BCUT2D eigenvalue weighted by atomic mass is 10.2. The van der Waals surface area contributed by atoms with Gasteiger partial charge in [-0.3, -0.25) is 0 Å². The van der Waals surface area contributed by atoms with E-state index in [-0.39, 0.29) is 11.6 Å². The van der Waals surface area contributed by atoms with E-state index in [4.69, 9.17) is 19.2 Å². The molecule has 0 atom stereocenters. The third-order valence-corrected chi connectivity index (χ3v) is 3.05. The molecule has 0 radical (unpaired) electrons. The zero-order chi connectivity index (χ0) is 18.2. The molecule has 1 aromatic carbocycles. The summed E-state index contributed by atoms with van der Waals surface area (Å²) in [4.78, 5) is 4.02. The van der Waals surface area contributed by atoms with Gasteiger partial charge in [-0.15, -0.1) is 0 Å². The average Bonchev–Trinajstić information content (AvgIpc) is 3.01. The maximum Gasteiger partial charge on any atom is 0.252 e. The normalized spacial score (nSPS) is 10.5. The third-order valence-electron chi connectivity index (χ3n) is 3.05. The van der Waals surface area contributed by atoms with Gasteiger partial charge in [-0.1, -0.05) is 6.58 Å². The number of ether oxygens (including phenoxy) is 2. The Morgan fingerprint density at radius 1 is 1.36 bits per heavy atom. The molecule has 0 unspecified atom stereocenters. The predicted octanol–water partition coefficient (Wildman–Crippen LogP) is 3.82. The lowest BCUT2D eigenvalue weighted by molar-refractivity contribution is 0.288. The van der Waals surface area contributed by atoms with E-state index >= 15 is 0 Å². The number of benzene rings is 1.